The molecule has 2 aromatic rings. The van der Waals surface area contributed by atoms with Gasteiger partial charge < -0.3 is 15.3 Å². The van der Waals surface area contributed by atoms with E-state index in [2.05, 4.69) is 10.2 Å². The number of rotatable bonds is 3. The Kier molecular flexibility index (Phi) is 4.66. The molecule has 1 aromatic heterocycles. The van der Waals surface area contributed by atoms with Gasteiger partial charge in [-0.1, -0.05) is 6.07 Å². The van der Waals surface area contributed by atoms with Gasteiger partial charge >= 0.3 is 5.97 Å². The van der Waals surface area contributed by atoms with Crippen LogP contribution < -0.4 is 10.2 Å². The number of fused-ring (bicyclic) bond motifs is 1. The summed E-state index contributed by atoms with van der Waals surface area (Å²) >= 11 is 0. The summed E-state index contributed by atoms with van der Waals surface area (Å²) in [5, 5.41) is 12.9. The Labute approximate surface area is 140 Å². The van der Waals surface area contributed by atoms with Crippen LogP contribution in [0, 0.1) is 25.6 Å². The van der Waals surface area contributed by atoms with Gasteiger partial charge in [-0.2, -0.15) is 0 Å². The van der Waals surface area contributed by atoms with Gasteiger partial charge in [-0.25, -0.2) is 9.37 Å². The number of nitrogens with zero attached hydrogens (tertiary/aromatic N) is 2. The van der Waals surface area contributed by atoms with Gasteiger partial charge in [0.2, 0.25) is 0 Å². The number of pyridine rings is 1. The van der Waals surface area contributed by atoms with Crippen molar-refractivity contribution in [3.8, 4) is 0 Å². The molecule has 0 saturated carbocycles. The second kappa shape index (κ2) is 6.73. The molecule has 24 heavy (non-hydrogen) atoms. The molecule has 3 rings (SSSR count). The third-order valence-electron chi connectivity index (χ3n) is 4.53. The quantitative estimate of drug-likeness (QED) is 0.905. The van der Waals surface area contributed by atoms with E-state index in [0.717, 1.165) is 30.0 Å². The number of carboxylic acid groups (broad SMARTS) is 1. The molecule has 0 aliphatic carbocycles. The van der Waals surface area contributed by atoms with Gasteiger partial charge in [-0.05, 0) is 43.0 Å². The zero-order chi connectivity index (χ0) is 17.3. The molecule has 2 N–H and O–H groups in total. The van der Waals surface area contributed by atoms with Gasteiger partial charge in [0.05, 0.1) is 11.9 Å². The number of aromatic nitrogens is 1. The van der Waals surface area contributed by atoms with Gasteiger partial charge in [0.1, 0.15) is 11.6 Å². The highest BCUT2D eigenvalue weighted by molar-refractivity contribution is 5.85. The van der Waals surface area contributed by atoms with Crippen LogP contribution in [0.4, 0.5) is 10.2 Å². The fourth-order valence-electron chi connectivity index (χ4n) is 3.34. The van der Waals surface area contributed by atoms with E-state index in [0.29, 0.717) is 24.0 Å². The summed E-state index contributed by atoms with van der Waals surface area (Å²) in [6.45, 7) is 6.69. The molecule has 1 saturated heterocycles. The maximum Gasteiger partial charge on any atom is 0.303 e. The number of carboxylic acids is 1. The molecule has 5 nitrogen and oxygen atoms in total. The molecule has 1 fully saturated rings. The van der Waals surface area contributed by atoms with Crippen molar-refractivity contribution in [1.29, 1.82) is 0 Å². The maximum absolute atomic E-state index is 14.1. The molecule has 1 atom stereocenters. The molecular formula is C18H22FN3O2. The first-order valence-electron chi connectivity index (χ1n) is 8.19. The predicted octanol–water partition coefficient (Wildman–Crippen LogP) is 2.49. The van der Waals surface area contributed by atoms with Crippen LogP contribution in [-0.2, 0) is 4.79 Å². The van der Waals surface area contributed by atoms with Crippen molar-refractivity contribution < 1.29 is 14.3 Å². The Hall–Kier alpha value is -2.21. The maximum atomic E-state index is 14.1. The molecule has 128 valence electrons. The Bertz CT molecular complexity index is 778. The van der Waals surface area contributed by atoms with Crippen LogP contribution in [0.25, 0.3) is 10.9 Å². The minimum atomic E-state index is -0.787. The zero-order valence-electron chi connectivity index (χ0n) is 14.0. The average Bonchev–Trinajstić information content (AvgIpc) is 2.75. The highest BCUT2D eigenvalue weighted by atomic mass is 19.1. The molecule has 0 bridgehead atoms. The topological polar surface area (TPSA) is 65.5 Å². The molecule has 2 heterocycles. The second-order valence-electron chi connectivity index (χ2n) is 6.50. The average molecular weight is 331 g/mol. The Morgan fingerprint density at radius 3 is 2.96 bits per heavy atom. The van der Waals surface area contributed by atoms with Gasteiger partial charge in [0.25, 0.3) is 0 Å². The number of hydrogen-bond acceptors (Lipinski definition) is 4. The summed E-state index contributed by atoms with van der Waals surface area (Å²) in [7, 11) is 0. The van der Waals surface area contributed by atoms with Crippen molar-refractivity contribution in [2.24, 2.45) is 5.92 Å². The number of nitrogens with one attached hydrogen (secondary N) is 1. The minimum Gasteiger partial charge on any atom is -0.481 e. The number of halogens is 1. The van der Waals surface area contributed by atoms with Crippen molar-refractivity contribution in [2.75, 3.05) is 31.1 Å². The summed E-state index contributed by atoms with van der Waals surface area (Å²) in [4.78, 5) is 17.9. The first kappa shape index (κ1) is 16.6. The smallest absolute Gasteiger partial charge is 0.303 e. The van der Waals surface area contributed by atoms with Crippen molar-refractivity contribution in [3.05, 3.63) is 35.1 Å². The Balaban J connectivity index is 1.99. The van der Waals surface area contributed by atoms with Crippen LogP contribution in [0.5, 0.6) is 0 Å². The number of carbonyl (C=O) groups is 1. The second-order valence-corrected chi connectivity index (χ2v) is 6.50. The molecule has 1 unspecified atom stereocenters. The van der Waals surface area contributed by atoms with E-state index in [-0.39, 0.29) is 18.2 Å². The highest BCUT2D eigenvalue weighted by Gasteiger charge is 2.23. The van der Waals surface area contributed by atoms with Crippen LogP contribution in [0.1, 0.15) is 17.5 Å². The highest BCUT2D eigenvalue weighted by Crippen LogP contribution is 2.28. The van der Waals surface area contributed by atoms with E-state index in [1.807, 2.05) is 19.9 Å². The summed E-state index contributed by atoms with van der Waals surface area (Å²) in [6.07, 6.45) is 0.129. The van der Waals surface area contributed by atoms with E-state index in [9.17, 15) is 9.18 Å². The van der Waals surface area contributed by atoms with E-state index in [1.54, 1.807) is 6.07 Å². The van der Waals surface area contributed by atoms with E-state index < -0.39 is 5.97 Å². The van der Waals surface area contributed by atoms with Crippen molar-refractivity contribution in [2.45, 2.75) is 20.3 Å². The SMILES string of the molecule is Cc1cc2c(F)ccc(C)c2nc1N1CCNCC(CC(=O)O)C1. The van der Waals surface area contributed by atoms with Crippen LogP contribution in [0.2, 0.25) is 0 Å². The van der Waals surface area contributed by atoms with Gasteiger partial charge in [0, 0.05) is 31.6 Å². The molecule has 1 aliphatic heterocycles. The molecule has 0 spiro atoms. The summed E-state index contributed by atoms with van der Waals surface area (Å²) < 4.78 is 14.1. The van der Waals surface area contributed by atoms with Gasteiger partial charge in [-0.15, -0.1) is 0 Å². The predicted molar refractivity (Wildman–Crippen MR) is 92.0 cm³/mol. The van der Waals surface area contributed by atoms with Gasteiger partial charge in [-0.3, -0.25) is 4.79 Å². The van der Waals surface area contributed by atoms with Crippen molar-refractivity contribution in [1.82, 2.24) is 10.3 Å². The van der Waals surface area contributed by atoms with Crippen LogP contribution in [0.3, 0.4) is 0 Å². The number of benzene rings is 1. The lowest BCUT2D eigenvalue weighted by Crippen LogP contribution is -2.32. The largest absolute Gasteiger partial charge is 0.481 e. The third kappa shape index (κ3) is 3.33. The lowest BCUT2D eigenvalue weighted by molar-refractivity contribution is -0.137. The van der Waals surface area contributed by atoms with Gasteiger partial charge in [0.15, 0.2) is 0 Å². The molecule has 0 radical (unpaired) electrons. The fraction of sp³-hybridized carbons (Fsp3) is 0.444. The summed E-state index contributed by atoms with van der Waals surface area (Å²) in [5.74, 6) is -0.213. The summed E-state index contributed by atoms with van der Waals surface area (Å²) in [6, 6.07) is 5.04. The van der Waals surface area contributed by atoms with Crippen LogP contribution >= 0.6 is 0 Å². The Morgan fingerprint density at radius 1 is 1.42 bits per heavy atom. The molecule has 0 amide bonds. The van der Waals surface area contributed by atoms with Crippen molar-refractivity contribution in [3.63, 3.8) is 0 Å². The number of aryl methyl sites for hydroxylation is 2. The lowest BCUT2D eigenvalue weighted by Gasteiger charge is -2.26. The first-order valence-corrected chi connectivity index (χ1v) is 8.19. The van der Waals surface area contributed by atoms with E-state index >= 15 is 0 Å². The lowest BCUT2D eigenvalue weighted by atomic mass is 10.0. The molecule has 6 heteroatoms. The molecular weight excluding hydrogens is 309 g/mol. The summed E-state index contributed by atoms with van der Waals surface area (Å²) in [5.41, 5.74) is 2.51. The normalized spacial score (nSPS) is 18.6. The molecule has 1 aromatic carbocycles. The number of aliphatic carboxylic acids is 1. The molecule has 1 aliphatic rings. The first-order chi connectivity index (χ1) is 11.5. The number of hydrogen-bond donors (Lipinski definition) is 2. The standard InChI is InChI=1S/C18H22FN3O2/c1-11-3-4-15(19)14-7-12(2)18(21-17(11)14)22-6-5-20-9-13(10-22)8-16(23)24/h3-4,7,13,20H,5-6,8-10H2,1-2H3,(H,23,24). The van der Waals surface area contributed by atoms with Crippen LogP contribution in [0.15, 0.2) is 18.2 Å². The minimum absolute atomic E-state index is 0.0236. The fourth-order valence-corrected chi connectivity index (χ4v) is 3.34. The van der Waals surface area contributed by atoms with E-state index in [1.165, 1.54) is 6.07 Å². The monoisotopic (exact) mass is 331 g/mol. The van der Waals surface area contributed by atoms with Crippen molar-refractivity contribution >= 4 is 22.7 Å². The number of anilines is 1. The van der Waals surface area contributed by atoms with Crippen LogP contribution in [-0.4, -0.2) is 42.2 Å². The third-order valence-corrected chi connectivity index (χ3v) is 4.53. The zero-order valence-corrected chi connectivity index (χ0v) is 14.0. The Morgan fingerprint density at radius 2 is 2.21 bits per heavy atom. The van der Waals surface area contributed by atoms with E-state index in [4.69, 9.17) is 10.1 Å².